The Hall–Kier alpha value is -1.50. The summed E-state index contributed by atoms with van der Waals surface area (Å²) in [6, 6.07) is 7.20. The minimum absolute atomic E-state index is 0.375. The Morgan fingerprint density at radius 2 is 2.16 bits per heavy atom. The molecule has 0 aliphatic carbocycles. The van der Waals surface area contributed by atoms with Crippen LogP contribution in [0.15, 0.2) is 41.6 Å². The summed E-state index contributed by atoms with van der Waals surface area (Å²) in [6.45, 7) is 4.91. The fraction of sp³-hybridized carbons (Fsp3) is 0.526. The van der Waals surface area contributed by atoms with Crippen LogP contribution in [0.1, 0.15) is 32.6 Å². The number of nitrogens with zero attached hydrogens (tertiary/aromatic N) is 2. The second-order valence-electron chi connectivity index (χ2n) is 6.78. The van der Waals surface area contributed by atoms with Crippen molar-refractivity contribution in [1.82, 2.24) is 14.6 Å². The number of sulfonamides is 1. The van der Waals surface area contributed by atoms with Crippen LogP contribution in [0.4, 0.5) is 0 Å². The fourth-order valence-corrected chi connectivity index (χ4v) is 5.24. The van der Waals surface area contributed by atoms with Gasteiger partial charge in [-0.2, -0.15) is 4.31 Å². The van der Waals surface area contributed by atoms with Crippen LogP contribution in [0.5, 0.6) is 0 Å². The number of nitrogens with one attached hydrogen (secondary N) is 1. The summed E-state index contributed by atoms with van der Waals surface area (Å²) in [5.74, 6) is 0.375. The Balaban J connectivity index is 1.87. The van der Waals surface area contributed by atoms with Gasteiger partial charge in [-0.15, -0.1) is 0 Å². The lowest BCUT2D eigenvalue weighted by Crippen LogP contribution is -2.36. The normalized spacial score (nSPS) is 19.8. The number of benzene rings is 1. The van der Waals surface area contributed by atoms with Crippen molar-refractivity contribution in [1.29, 1.82) is 0 Å². The molecule has 0 spiro atoms. The molecule has 1 saturated heterocycles. The highest BCUT2D eigenvalue weighted by Crippen LogP contribution is 2.26. The smallest absolute Gasteiger partial charge is 0.243 e. The van der Waals surface area contributed by atoms with Gasteiger partial charge in [0.1, 0.15) is 0 Å². The first kappa shape index (κ1) is 18.3. The predicted molar refractivity (Wildman–Crippen MR) is 101 cm³/mol. The summed E-state index contributed by atoms with van der Waals surface area (Å²) in [7, 11) is -3.51. The van der Waals surface area contributed by atoms with E-state index in [2.05, 4.69) is 17.2 Å². The molecule has 3 rings (SSSR count). The second kappa shape index (κ2) is 8.25. The molecule has 6 heteroatoms. The highest BCUT2D eigenvalue weighted by atomic mass is 32.2. The van der Waals surface area contributed by atoms with E-state index in [4.69, 9.17) is 0 Å². The Morgan fingerprint density at radius 1 is 1.28 bits per heavy atom. The van der Waals surface area contributed by atoms with E-state index in [-0.39, 0.29) is 0 Å². The van der Waals surface area contributed by atoms with Crippen molar-refractivity contribution >= 4 is 20.8 Å². The van der Waals surface area contributed by atoms with Crippen molar-refractivity contribution in [2.45, 2.75) is 37.5 Å². The van der Waals surface area contributed by atoms with Gasteiger partial charge in [-0.1, -0.05) is 38.3 Å². The van der Waals surface area contributed by atoms with Crippen LogP contribution in [0.25, 0.3) is 10.8 Å². The Kier molecular flexibility index (Phi) is 6.04. The van der Waals surface area contributed by atoms with E-state index in [1.165, 1.54) is 12.8 Å². The SMILES string of the molecule is CCCCCC1CNCCN(S(=O)(=O)c2cccc3cnccc23)C1. The largest absolute Gasteiger partial charge is 0.315 e. The van der Waals surface area contributed by atoms with Gasteiger partial charge in [0.25, 0.3) is 0 Å². The molecule has 136 valence electrons. The third-order valence-corrected chi connectivity index (χ3v) is 6.83. The second-order valence-corrected chi connectivity index (χ2v) is 8.69. The summed E-state index contributed by atoms with van der Waals surface area (Å²) >= 11 is 0. The molecule has 1 aliphatic heterocycles. The maximum atomic E-state index is 13.3. The van der Waals surface area contributed by atoms with Crippen molar-refractivity contribution in [3.05, 3.63) is 36.7 Å². The van der Waals surface area contributed by atoms with Gasteiger partial charge in [-0.05, 0) is 31.0 Å². The van der Waals surface area contributed by atoms with Crippen LogP contribution >= 0.6 is 0 Å². The Morgan fingerprint density at radius 3 is 3.00 bits per heavy atom. The highest BCUT2D eigenvalue weighted by molar-refractivity contribution is 7.89. The van der Waals surface area contributed by atoms with Gasteiger partial charge in [0.2, 0.25) is 10.0 Å². The molecule has 1 aromatic heterocycles. The summed E-state index contributed by atoms with van der Waals surface area (Å²) in [5.41, 5.74) is 0. The number of unbranched alkanes of at least 4 members (excludes halogenated alkanes) is 2. The molecule has 0 radical (unpaired) electrons. The monoisotopic (exact) mass is 361 g/mol. The van der Waals surface area contributed by atoms with Crippen molar-refractivity contribution in [2.75, 3.05) is 26.2 Å². The number of fused-ring (bicyclic) bond motifs is 1. The number of aromatic nitrogens is 1. The molecular formula is C19H27N3O2S. The molecule has 0 saturated carbocycles. The molecule has 1 aliphatic rings. The van der Waals surface area contributed by atoms with Gasteiger partial charge in [0.15, 0.2) is 0 Å². The number of pyridine rings is 1. The standard InChI is InChI=1S/C19H27N3O2S/c1-2-3-4-6-16-13-21-11-12-22(15-16)25(23,24)19-8-5-7-17-14-20-10-9-18(17)19/h5,7-10,14,16,21H,2-4,6,11-13,15H2,1H3. The van der Waals surface area contributed by atoms with Gasteiger partial charge in [-0.3, -0.25) is 4.98 Å². The van der Waals surface area contributed by atoms with Crippen LogP contribution in [-0.4, -0.2) is 43.9 Å². The zero-order valence-corrected chi connectivity index (χ0v) is 15.6. The third kappa shape index (κ3) is 4.19. The Labute approximate surface area is 150 Å². The van der Waals surface area contributed by atoms with Crippen LogP contribution in [0.2, 0.25) is 0 Å². The first-order valence-electron chi connectivity index (χ1n) is 9.16. The predicted octanol–water partition coefficient (Wildman–Crippen LogP) is 3.03. The lowest BCUT2D eigenvalue weighted by Gasteiger charge is -2.24. The summed E-state index contributed by atoms with van der Waals surface area (Å²) in [6.07, 6.45) is 8.00. The first-order valence-corrected chi connectivity index (χ1v) is 10.6. The molecule has 0 bridgehead atoms. The van der Waals surface area contributed by atoms with Crippen LogP contribution < -0.4 is 5.32 Å². The van der Waals surface area contributed by atoms with Crippen molar-refractivity contribution in [3.8, 4) is 0 Å². The third-order valence-electron chi connectivity index (χ3n) is 4.91. The van der Waals surface area contributed by atoms with Gasteiger partial charge < -0.3 is 5.32 Å². The summed E-state index contributed by atoms with van der Waals surface area (Å²) in [4.78, 5) is 4.49. The number of hydrogen-bond acceptors (Lipinski definition) is 4. The topological polar surface area (TPSA) is 62.3 Å². The van der Waals surface area contributed by atoms with E-state index in [1.54, 1.807) is 34.9 Å². The van der Waals surface area contributed by atoms with Gasteiger partial charge in [-0.25, -0.2) is 8.42 Å². The van der Waals surface area contributed by atoms with E-state index in [0.717, 1.165) is 30.2 Å². The molecule has 1 unspecified atom stereocenters. The lowest BCUT2D eigenvalue weighted by molar-refractivity contribution is 0.356. The molecule has 25 heavy (non-hydrogen) atoms. The minimum atomic E-state index is -3.51. The number of hydrogen-bond donors (Lipinski definition) is 1. The maximum Gasteiger partial charge on any atom is 0.243 e. The fourth-order valence-electron chi connectivity index (χ4n) is 3.51. The molecular weight excluding hydrogens is 334 g/mol. The average molecular weight is 362 g/mol. The van der Waals surface area contributed by atoms with E-state index >= 15 is 0 Å². The lowest BCUT2D eigenvalue weighted by atomic mass is 10.0. The maximum absolute atomic E-state index is 13.3. The molecule has 0 amide bonds. The quantitative estimate of drug-likeness (QED) is 0.804. The highest BCUT2D eigenvalue weighted by Gasteiger charge is 2.29. The molecule has 5 nitrogen and oxygen atoms in total. The van der Waals surface area contributed by atoms with Crippen molar-refractivity contribution in [3.63, 3.8) is 0 Å². The van der Waals surface area contributed by atoms with E-state index in [1.807, 2.05) is 6.07 Å². The molecule has 2 heterocycles. The molecule has 2 aromatic rings. The van der Waals surface area contributed by atoms with Crippen molar-refractivity contribution < 1.29 is 8.42 Å². The van der Waals surface area contributed by atoms with Gasteiger partial charge in [0.05, 0.1) is 4.90 Å². The summed E-state index contributed by atoms with van der Waals surface area (Å²) in [5, 5.41) is 5.00. The summed E-state index contributed by atoms with van der Waals surface area (Å²) < 4.78 is 28.3. The van der Waals surface area contributed by atoms with Crippen LogP contribution in [-0.2, 0) is 10.0 Å². The van der Waals surface area contributed by atoms with Gasteiger partial charge >= 0.3 is 0 Å². The zero-order valence-electron chi connectivity index (χ0n) is 14.8. The first-order chi connectivity index (χ1) is 12.1. The van der Waals surface area contributed by atoms with Crippen LogP contribution in [0, 0.1) is 5.92 Å². The number of rotatable bonds is 6. The molecule has 1 N–H and O–H groups in total. The van der Waals surface area contributed by atoms with E-state index in [9.17, 15) is 8.42 Å². The van der Waals surface area contributed by atoms with E-state index in [0.29, 0.717) is 30.4 Å². The van der Waals surface area contributed by atoms with E-state index < -0.39 is 10.0 Å². The van der Waals surface area contributed by atoms with Crippen molar-refractivity contribution in [2.24, 2.45) is 5.92 Å². The molecule has 1 aromatic carbocycles. The van der Waals surface area contributed by atoms with Crippen LogP contribution in [0.3, 0.4) is 0 Å². The minimum Gasteiger partial charge on any atom is -0.315 e. The molecule has 1 fully saturated rings. The average Bonchev–Trinajstić information content (AvgIpc) is 2.88. The van der Waals surface area contributed by atoms with Gasteiger partial charge in [0, 0.05) is 42.8 Å². The zero-order chi connectivity index (χ0) is 17.7. The Bertz CT molecular complexity index is 802. The molecule has 1 atom stereocenters.